The quantitative estimate of drug-likeness (QED) is 0.406. The zero-order valence-electron chi connectivity index (χ0n) is 15.7. The highest BCUT2D eigenvalue weighted by molar-refractivity contribution is 6.09. The molecule has 0 amide bonds. The molecular weight excluding hydrogens is 294 g/mol. The second kappa shape index (κ2) is 5.11. The van der Waals surface area contributed by atoms with Gasteiger partial charge in [-0.05, 0) is 23.3 Å². The molecule has 1 heterocycles. The highest BCUT2D eigenvalue weighted by Gasteiger charge is 2.27. The third-order valence-electron chi connectivity index (χ3n) is 4.62. The number of nitrogens with zero attached hydrogens (tertiary/aromatic N) is 1. The van der Waals surface area contributed by atoms with Crippen LogP contribution in [0.3, 0.4) is 0 Å². The first-order valence-electron chi connectivity index (χ1n) is 8.43. The third kappa shape index (κ3) is 2.40. The molecule has 0 radical (unpaired) electrons. The zero-order valence-corrected chi connectivity index (χ0v) is 15.7. The highest BCUT2D eigenvalue weighted by atomic mass is 16.3. The summed E-state index contributed by atoms with van der Waals surface area (Å²) >= 11 is 0. The molecule has 2 heteroatoms. The first-order chi connectivity index (χ1) is 11.1. The average molecular weight is 319 g/mol. The molecule has 0 atom stereocenters. The second-order valence-electron chi connectivity index (χ2n) is 8.68. The molecule has 0 saturated carbocycles. The maximum absolute atomic E-state index is 7.53. The fourth-order valence-corrected chi connectivity index (χ4v) is 3.74. The molecule has 0 aliphatic heterocycles. The van der Waals surface area contributed by atoms with E-state index in [1.54, 1.807) is 0 Å². The smallest absolute Gasteiger partial charge is 0.194 e. The first kappa shape index (κ1) is 16.6. The van der Waals surface area contributed by atoms with Crippen LogP contribution >= 0.6 is 0 Å². The summed E-state index contributed by atoms with van der Waals surface area (Å²) in [4.78, 5) is 3.74. The van der Waals surface area contributed by atoms with Crippen molar-refractivity contribution < 1.29 is 4.42 Å². The molecule has 0 fully saturated rings. The van der Waals surface area contributed by atoms with E-state index in [0.717, 1.165) is 27.5 Å². The predicted molar refractivity (Wildman–Crippen MR) is 102 cm³/mol. The van der Waals surface area contributed by atoms with E-state index in [9.17, 15) is 0 Å². The van der Waals surface area contributed by atoms with Crippen LogP contribution in [0, 0.1) is 13.5 Å². The lowest BCUT2D eigenvalue weighted by atomic mass is 9.82. The molecule has 0 bridgehead atoms. The topological polar surface area (TPSA) is 17.5 Å². The van der Waals surface area contributed by atoms with Crippen molar-refractivity contribution in [3.05, 3.63) is 52.4 Å². The van der Waals surface area contributed by atoms with Gasteiger partial charge >= 0.3 is 0 Å². The summed E-state index contributed by atoms with van der Waals surface area (Å²) in [5.74, 6) is 0. The fraction of sp³-hybridized carbons (Fsp3) is 0.409. The molecule has 0 spiro atoms. The summed E-state index contributed by atoms with van der Waals surface area (Å²) in [6.45, 7) is 22.7. The van der Waals surface area contributed by atoms with Crippen molar-refractivity contribution in [3.63, 3.8) is 0 Å². The fourth-order valence-electron chi connectivity index (χ4n) is 3.74. The zero-order chi connectivity index (χ0) is 17.9. The van der Waals surface area contributed by atoms with Crippen LogP contribution in [0.5, 0.6) is 0 Å². The van der Waals surface area contributed by atoms with E-state index in [4.69, 9.17) is 11.0 Å². The maximum atomic E-state index is 7.53. The normalized spacial score (nSPS) is 12.8. The van der Waals surface area contributed by atoms with Gasteiger partial charge in [0.05, 0.1) is 6.57 Å². The van der Waals surface area contributed by atoms with Gasteiger partial charge in [0.1, 0.15) is 11.2 Å². The lowest BCUT2D eigenvalue weighted by molar-refractivity contribution is 0.556. The Kier molecular flexibility index (Phi) is 3.53. The van der Waals surface area contributed by atoms with Gasteiger partial charge in [-0.1, -0.05) is 65.8 Å². The maximum Gasteiger partial charge on any atom is 0.194 e. The van der Waals surface area contributed by atoms with Crippen LogP contribution in [0.4, 0.5) is 5.69 Å². The Balaban J connectivity index is 2.56. The average Bonchev–Trinajstić information content (AvgIpc) is 2.80. The first-order valence-corrected chi connectivity index (χ1v) is 8.43. The lowest BCUT2D eigenvalue weighted by Gasteiger charge is -2.22. The standard InChI is InChI=1S/C22H25NO/c1-13-9-10-14-15-11-12-16(23-8)18(22(5,6)7)20(15)24-19(14)17(13)21(2,3)4/h9-12H,1-7H3. The summed E-state index contributed by atoms with van der Waals surface area (Å²) in [7, 11) is 0. The van der Waals surface area contributed by atoms with Crippen molar-refractivity contribution in [1.29, 1.82) is 0 Å². The molecule has 0 aliphatic carbocycles. The summed E-state index contributed by atoms with van der Waals surface area (Å²) in [5, 5.41) is 2.25. The molecule has 3 aromatic rings. The van der Waals surface area contributed by atoms with Crippen molar-refractivity contribution in [2.75, 3.05) is 0 Å². The molecular formula is C22H25NO. The number of hydrogen-bond donors (Lipinski definition) is 0. The van der Waals surface area contributed by atoms with Gasteiger partial charge < -0.3 is 4.42 Å². The molecule has 2 aromatic carbocycles. The van der Waals surface area contributed by atoms with Crippen LogP contribution in [0.2, 0.25) is 0 Å². The molecule has 2 nitrogen and oxygen atoms in total. The Morgan fingerprint density at radius 3 is 1.79 bits per heavy atom. The largest absolute Gasteiger partial charge is 0.457 e. The molecule has 3 rings (SSSR count). The van der Waals surface area contributed by atoms with Crippen LogP contribution in [0.15, 0.2) is 28.7 Å². The minimum Gasteiger partial charge on any atom is -0.457 e. The number of hydrogen-bond acceptors (Lipinski definition) is 1. The summed E-state index contributed by atoms with van der Waals surface area (Å²) < 4.78 is 6.45. The molecule has 24 heavy (non-hydrogen) atoms. The van der Waals surface area contributed by atoms with E-state index < -0.39 is 0 Å². The summed E-state index contributed by atoms with van der Waals surface area (Å²) in [5.41, 5.74) is 5.86. The molecule has 0 N–H and O–H groups in total. The lowest BCUT2D eigenvalue weighted by Crippen LogP contribution is -2.13. The Morgan fingerprint density at radius 2 is 1.29 bits per heavy atom. The van der Waals surface area contributed by atoms with Gasteiger partial charge in [-0.25, -0.2) is 4.85 Å². The number of fused-ring (bicyclic) bond motifs is 3. The van der Waals surface area contributed by atoms with E-state index in [1.165, 1.54) is 11.1 Å². The van der Waals surface area contributed by atoms with E-state index >= 15 is 0 Å². The predicted octanol–water partition coefficient (Wildman–Crippen LogP) is 7.04. The molecule has 1 aromatic heterocycles. The summed E-state index contributed by atoms with van der Waals surface area (Å²) in [6.07, 6.45) is 0. The Morgan fingerprint density at radius 1 is 0.792 bits per heavy atom. The minimum atomic E-state index is -0.149. The van der Waals surface area contributed by atoms with Gasteiger partial charge in [-0.2, -0.15) is 0 Å². The Bertz CT molecular complexity index is 985. The van der Waals surface area contributed by atoms with Gasteiger partial charge in [0.25, 0.3) is 0 Å². The number of aryl methyl sites for hydroxylation is 1. The van der Waals surface area contributed by atoms with E-state index in [-0.39, 0.29) is 10.8 Å². The summed E-state index contributed by atoms with van der Waals surface area (Å²) in [6, 6.07) is 8.29. The van der Waals surface area contributed by atoms with Gasteiger partial charge in [0.2, 0.25) is 0 Å². The van der Waals surface area contributed by atoms with Gasteiger partial charge in [0.15, 0.2) is 5.69 Å². The van der Waals surface area contributed by atoms with Crippen LogP contribution < -0.4 is 0 Å². The Hall–Kier alpha value is -2.27. The van der Waals surface area contributed by atoms with E-state index in [2.05, 4.69) is 65.4 Å². The number of rotatable bonds is 0. The van der Waals surface area contributed by atoms with Crippen LogP contribution in [-0.2, 0) is 10.8 Å². The van der Waals surface area contributed by atoms with Gasteiger partial charge in [0, 0.05) is 21.9 Å². The van der Waals surface area contributed by atoms with Crippen molar-refractivity contribution in [2.24, 2.45) is 0 Å². The second-order valence-corrected chi connectivity index (χ2v) is 8.68. The third-order valence-corrected chi connectivity index (χ3v) is 4.62. The monoisotopic (exact) mass is 319 g/mol. The van der Waals surface area contributed by atoms with Crippen molar-refractivity contribution in [1.82, 2.24) is 0 Å². The molecule has 0 saturated heterocycles. The SMILES string of the molecule is [C-]#[N+]c1ccc2c(oc3c(C(C)(C)C)c(C)ccc32)c1C(C)(C)C. The molecule has 0 aliphatic rings. The number of benzene rings is 2. The van der Waals surface area contributed by atoms with Crippen LogP contribution in [0.1, 0.15) is 58.2 Å². The molecule has 0 unspecified atom stereocenters. The van der Waals surface area contributed by atoms with Crippen molar-refractivity contribution in [2.45, 2.75) is 59.3 Å². The Labute approximate surface area is 144 Å². The minimum absolute atomic E-state index is 0.00198. The van der Waals surface area contributed by atoms with Crippen molar-refractivity contribution in [3.8, 4) is 0 Å². The van der Waals surface area contributed by atoms with Gasteiger partial charge in [-0.3, -0.25) is 0 Å². The van der Waals surface area contributed by atoms with E-state index in [0.29, 0.717) is 5.69 Å². The highest BCUT2D eigenvalue weighted by Crippen LogP contribution is 2.44. The van der Waals surface area contributed by atoms with Crippen LogP contribution in [-0.4, -0.2) is 0 Å². The van der Waals surface area contributed by atoms with Gasteiger partial charge in [-0.15, -0.1) is 0 Å². The number of furan rings is 1. The molecule has 124 valence electrons. The van der Waals surface area contributed by atoms with E-state index in [1.807, 2.05) is 12.1 Å². The van der Waals surface area contributed by atoms with Crippen LogP contribution in [0.25, 0.3) is 26.8 Å². The van der Waals surface area contributed by atoms with Crippen molar-refractivity contribution >= 4 is 27.6 Å².